The van der Waals surface area contributed by atoms with E-state index in [0.717, 1.165) is 5.56 Å². The molecule has 0 atom stereocenters. The zero-order valence-corrected chi connectivity index (χ0v) is 18.8. The molecule has 1 N–H and O–H groups in total. The number of aryl methyl sites for hydroxylation is 1. The fourth-order valence-electron chi connectivity index (χ4n) is 3.15. The molecular weight excluding hydrogens is 394 g/mol. The van der Waals surface area contributed by atoms with Crippen molar-refractivity contribution in [1.82, 2.24) is 4.72 Å². The lowest BCUT2D eigenvalue weighted by atomic mass is 10.0. The minimum atomic E-state index is -3.76. The molecule has 2 rings (SSSR count). The Hall–Kier alpha value is -2.45. The van der Waals surface area contributed by atoms with Gasteiger partial charge < -0.3 is 18.9 Å². The number of methoxy groups -OCH3 is 4. The maximum atomic E-state index is 13.0. The first kappa shape index (κ1) is 22.8. The number of hydrogen-bond donors (Lipinski definition) is 1. The Labute approximate surface area is 173 Å². The van der Waals surface area contributed by atoms with Gasteiger partial charge in [-0.1, -0.05) is 19.9 Å². The van der Waals surface area contributed by atoms with Crippen LogP contribution in [0.2, 0.25) is 0 Å². The third-order valence-corrected chi connectivity index (χ3v) is 6.22. The zero-order chi connectivity index (χ0) is 21.8. The van der Waals surface area contributed by atoms with E-state index in [2.05, 4.69) is 4.72 Å². The molecule has 0 fully saturated rings. The van der Waals surface area contributed by atoms with Gasteiger partial charge in [-0.3, -0.25) is 0 Å². The predicted octanol–water partition coefficient (Wildman–Crippen LogP) is 3.63. The normalized spacial score (nSPS) is 11.4. The molecule has 0 aliphatic rings. The highest BCUT2D eigenvalue weighted by Crippen LogP contribution is 2.40. The number of hydrogen-bond acceptors (Lipinski definition) is 6. The van der Waals surface area contributed by atoms with E-state index >= 15 is 0 Å². The van der Waals surface area contributed by atoms with Crippen molar-refractivity contribution in [3.8, 4) is 23.0 Å². The molecule has 2 aromatic carbocycles. The number of sulfonamides is 1. The van der Waals surface area contributed by atoms with Crippen molar-refractivity contribution in [1.29, 1.82) is 0 Å². The summed E-state index contributed by atoms with van der Waals surface area (Å²) in [7, 11) is 2.34. The van der Waals surface area contributed by atoms with E-state index in [1.54, 1.807) is 38.3 Å². The molecule has 0 aromatic heterocycles. The number of benzene rings is 2. The molecule has 7 nitrogen and oxygen atoms in total. The van der Waals surface area contributed by atoms with Crippen molar-refractivity contribution >= 4 is 10.0 Å². The lowest BCUT2D eigenvalue weighted by Crippen LogP contribution is -2.24. The van der Waals surface area contributed by atoms with Crippen molar-refractivity contribution in [2.45, 2.75) is 38.1 Å². The molecule has 0 spiro atoms. The van der Waals surface area contributed by atoms with E-state index in [9.17, 15) is 8.42 Å². The minimum absolute atomic E-state index is 0.0361. The Morgan fingerprint density at radius 2 is 1.52 bits per heavy atom. The molecule has 8 heteroatoms. The molecule has 0 aliphatic carbocycles. The highest BCUT2D eigenvalue weighted by Gasteiger charge is 2.22. The smallest absolute Gasteiger partial charge is 0.241 e. The number of rotatable bonds is 9. The molecule has 160 valence electrons. The monoisotopic (exact) mass is 423 g/mol. The Morgan fingerprint density at radius 1 is 0.897 bits per heavy atom. The zero-order valence-electron chi connectivity index (χ0n) is 18.0. The first-order chi connectivity index (χ1) is 13.7. The molecule has 0 aliphatic heterocycles. The molecule has 0 unspecified atom stereocenters. The molecule has 0 amide bonds. The van der Waals surface area contributed by atoms with Crippen LogP contribution in [0.5, 0.6) is 23.0 Å². The van der Waals surface area contributed by atoms with Gasteiger partial charge in [0.25, 0.3) is 0 Å². The van der Waals surface area contributed by atoms with Gasteiger partial charge in [-0.05, 0) is 42.2 Å². The van der Waals surface area contributed by atoms with Gasteiger partial charge in [0.1, 0.15) is 5.75 Å². The standard InChI is InChI=1S/C21H29NO6S/c1-13(2)16-11-19(14(3)10-18(16)26-5)29(23,24)22-12-15-8-9-17(25-4)21(28-7)20(15)27-6/h8-11,13,22H,12H2,1-7H3. The summed E-state index contributed by atoms with van der Waals surface area (Å²) in [6, 6.07) is 6.87. The van der Waals surface area contributed by atoms with Gasteiger partial charge in [0, 0.05) is 12.1 Å². The third-order valence-electron chi connectivity index (χ3n) is 4.68. The minimum Gasteiger partial charge on any atom is -0.496 e. The van der Waals surface area contributed by atoms with Crippen molar-refractivity contribution in [2.75, 3.05) is 28.4 Å². The third kappa shape index (κ3) is 4.76. The molecular formula is C21H29NO6S. The van der Waals surface area contributed by atoms with Gasteiger partial charge in [-0.2, -0.15) is 0 Å². The Balaban J connectivity index is 2.40. The second-order valence-corrected chi connectivity index (χ2v) is 8.57. The van der Waals surface area contributed by atoms with E-state index < -0.39 is 10.0 Å². The molecule has 29 heavy (non-hydrogen) atoms. The van der Waals surface area contributed by atoms with Gasteiger partial charge in [0.2, 0.25) is 15.8 Å². The van der Waals surface area contributed by atoms with Crippen LogP contribution in [0.25, 0.3) is 0 Å². The average Bonchev–Trinajstić information content (AvgIpc) is 2.70. The van der Waals surface area contributed by atoms with Gasteiger partial charge >= 0.3 is 0 Å². The summed E-state index contributed by atoms with van der Waals surface area (Å²) in [5.41, 5.74) is 2.07. The Kier molecular flexibility index (Phi) is 7.37. The maximum absolute atomic E-state index is 13.0. The van der Waals surface area contributed by atoms with E-state index in [1.165, 1.54) is 21.3 Å². The van der Waals surface area contributed by atoms with Crippen LogP contribution in [0.3, 0.4) is 0 Å². The molecule has 0 heterocycles. The van der Waals surface area contributed by atoms with Crippen LogP contribution in [0.15, 0.2) is 29.2 Å². The van der Waals surface area contributed by atoms with Crippen LogP contribution in [0.1, 0.15) is 36.5 Å². The van der Waals surface area contributed by atoms with Crippen molar-refractivity contribution in [3.05, 3.63) is 41.0 Å². The highest BCUT2D eigenvalue weighted by molar-refractivity contribution is 7.89. The number of nitrogens with one attached hydrogen (secondary N) is 1. The van der Waals surface area contributed by atoms with Crippen LogP contribution < -0.4 is 23.7 Å². The fourth-order valence-corrected chi connectivity index (χ4v) is 4.41. The summed E-state index contributed by atoms with van der Waals surface area (Å²) in [6.45, 7) is 5.77. The highest BCUT2D eigenvalue weighted by atomic mass is 32.2. The Bertz CT molecular complexity index is 970. The van der Waals surface area contributed by atoms with Gasteiger partial charge in [0.15, 0.2) is 11.5 Å². The van der Waals surface area contributed by atoms with Crippen molar-refractivity contribution in [2.24, 2.45) is 0 Å². The summed E-state index contributed by atoms with van der Waals surface area (Å²) in [5, 5.41) is 0. The van der Waals surface area contributed by atoms with E-state index in [-0.39, 0.29) is 17.4 Å². The second kappa shape index (κ2) is 9.37. The van der Waals surface area contributed by atoms with Crippen molar-refractivity contribution < 1.29 is 27.4 Å². The lowest BCUT2D eigenvalue weighted by molar-refractivity contribution is 0.322. The van der Waals surface area contributed by atoms with Crippen LogP contribution >= 0.6 is 0 Å². The quantitative estimate of drug-likeness (QED) is 0.663. The van der Waals surface area contributed by atoms with E-state index in [4.69, 9.17) is 18.9 Å². The van der Waals surface area contributed by atoms with Crippen LogP contribution in [-0.4, -0.2) is 36.9 Å². The summed E-state index contributed by atoms with van der Waals surface area (Å²) in [6.07, 6.45) is 0. The predicted molar refractivity (Wildman–Crippen MR) is 112 cm³/mol. The topological polar surface area (TPSA) is 83.1 Å². The van der Waals surface area contributed by atoms with E-state index in [0.29, 0.717) is 34.1 Å². The lowest BCUT2D eigenvalue weighted by Gasteiger charge is -2.18. The SMILES string of the molecule is COc1cc(C)c(S(=O)(=O)NCc2ccc(OC)c(OC)c2OC)cc1C(C)C. The Morgan fingerprint density at radius 3 is 2.03 bits per heavy atom. The largest absolute Gasteiger partial charge is 0.496 e. The fraction of sp³-hybridized carbons (Fsp3) is 0.429. The first-order valence-electron chi connectivity index (χ1n) is 9.16. The van der Waals surface area contributed by atoms with E-state index in [1.807, 2.05) is 13.8 Å². The summed E-state index contributed by atoms with van der Waals surface area (Å²) < 4.78 is 50.2. The molecule has 0 saturated carbocycles. The molecule has 0 saturated heterocycles. The molecule has 2 aromatic rings. The van der Waals surface area contributed by atoms with Gasteiger partial charge in [-0.15, -0.1) is 0 Å². The average molecular weight is 424 g/mol. The maximum Gasteiger partial charge on any atom is 0.241 e. The van der Waals surface area contributed by atoms with Crippen LogP contribution in [0.4, 0.5) is 0 Å². The number of ether oxygens (including phenoxy) is 4. The summed E-state index contributed by atoms with van der Waals surface area (Å²) >= 11 is 0. The summed E-state index contributed by atoms with van der Waals surface area (Å²) in [5.74, 6) is 2.13. The van der Waals surface area contributed by atoms with Crippen LogP contribution in [0, 0.1) is 6.92 Å². The van der Waals surface area contributed by atoms with Crippen molar-refractivity contribution in [3.63, 3.8) is 0 Å². The van der Waals surface area contributed by atoms with Crippen LogP contribution in [-0.2, 0) is 16.6 Å². The second-order valence-electron chi connectivity index (χ2n) is 6.83. The van der Waals surface area contributed by atoms with Gasteiger partial charge in [0.05, 0.1) is 33.3 Å². The molecule has 0 radical (unpaired) electrons. The first-order valence-corrected chi connectivity index (χ1v) is 10.6. The summed E-state index contributed by atoms with van der Waals surface area (Å²) in [4.78, 5) is 0.224. The molecule has 0 bridgehead atoms. The van der Waals surface area contributed by atoms with Gasteiger partial charge in [-0.25, -0.2) is 13.1 Å².